The lowest BCUT2D eigenvalue weighted by Crippen LogP contribution is -2.36. The predicted octanol–water partition coefficient (Wildman–Crippen LogP) is 3.05. The molecule has 0 spiro atoms. The fraction of sp³-hybridized carbons (Fsp3) is 0.400. The summed E-state index contributed by atoms with van der Waals surface area (Å²) in [6.07, 6.45) is 0. The van der Waals surface area contributed by atoms with E-state index in [0.717, 1.165) is 52.6 Å². The first kappa shape index (κ1) is 16.8. The van der Waals surface area contributed by atoms with Crippen LogP contribution in [0, 0.1) is 0 Å². The van der Waals surface area contributed by atoms with E-state index in [-0.39, 0.29) is 0 Å². The number of hydrogen-bond acceptors (Lipinski definition) is 4. The molecule has 2 saturated heterocycles. The van der Waals surface area contributed by atoms with Crippen molar-refractivity contribution in [1.29, 1.82) is 0 Å². The van der Waals surface area contributed by atoms with Gasteiger partial charge in [-0.15, -0.1) is 0 Å². The Bertz CT molecular complexity index is 511. The quantitative estimate of drug-likeness (QED) is 0.847. The number of hydrogen-bond donors (Lipinski definition) is 0. The van der Waals surface area contributed by atoms with Gasteiger partial charge < -0.3 is 19.3 Å². The molecule has 24 heavy (non-hydrogen) atoms. The SMILES string of the molecule is c1ccc(N2CCOCC2)cc1.c1ccc(N2CCOCC2)cc1. The molecule has 4 rings (SSSR count). The largest absolute Gasteiger partial charge is 0.378 e. The number of ether oxygens (including phenoxy) is 2. The number of nitrogens with zero attached hydrogens (tertiary/aromatic N) is 2. The van der Waals surface area contributed by atoms with E-state index < -0.39 is 0 Å². The van der Waals surface area contributed by atoms with Crippen molar-refractivity contribution in [3.05, 3.63) is 60.7 Å². The monoisotopic (exact) mass is 326 g/mol. The molecule has 2 heterocycles. The summed E-state index contributed by atoms with van der Waals surface area (Å²) in [6, 6.07) is 21.0. The van der Waals surface area contributed by atoms with Gasteiger partial charge in [0, 0.05) is 37.6 Å². The molecule has 0 N–H and O–H groups in total. The third kappa shape index (κ3) is 4.98. The summed E-state index contributed by atoms with van der Waals surface area (Å²) >= 11 is 0. The van der Waals surface area contributed by atoms with E-state index in [1.807, 2.05) is 12.1 Å². The highest BCUT2D eigenvalue weighted by atomic mass is 16.5. The van der Waals surface area contributed by atoms with Crippen molar-refractivity contribution < 1.29 is 9.47 Å². The molecule has 0 bridgehead atoms. The standard InChI is InChI=1S/2C10H13NO/c2*1-2-4-10(5-3-1)11-6-8-12-9-7-11/h2*1-5H,6-9H2. The van der Waals surface area contributed by atoms with Gasteiger partial charge in [0.05, 0.1) is 26.4 Å². The van der Waals surface area contributed by atoms with Crippen LogP contribution in [0.3, 0.4) is 0 Å². The van der Waals surface area contributed by atoms with Gasteiger partial charge in [0.15, 0.2) is 0 Å². The lowest BCUT2D eigenvalue weighted by atomic mass is 10.3. The van der Waals surface area contributed by atoms with Gasteiger partial charge in [0.25, 0.3) is 0 Å². The fourth-order valence-corrected chi connectivity index (χ4v) is 2.92. The van der Waals surface area contributed by atoms with Gasteiger partial charge in [-0.2, -0.15) is 0 Å². The van der Waals surface area contributed by atoms with Crippen LogP contribution in [0.15, 0.2) is 60.7 Å². The molecular weight excluding hydrogens is 300 g/mol. The van der Waals surface area contributed by atoms with E-state index in [1.165, 1.54) is 11.4 Å². The first-order valence-corrected chi connectivity index (χ1v) is 8.69. The molecule has 4 heteroatoms. The van der Waals surface area contributed by atoms with Gasteiger partial charge in [-0.1, -0.05) is 36.4 Å². The summed E-state index contributed by atoms with van der Waals surface area (Å²) in [7, 11) is 0. The summed E-state index contributed by atoms with van der Waals surface area (Å²) in [6.45, 7) is 7.50. The van der Waals surface area contributed by atoms with Crippen LogP contribution >= 0.6 is 0 Å². The molecule has 2 aromatic carbocycles. The summed E-state index contributed by atoms with van der Waals surface area (Å²) in [5.74, 6) is 0. The second kappa shape index (κ2) is 9.30. The lowest BCUT2D eigenvalue weighted by molar-refractivity contribution is 0.122. The zero-order valence-electron chi connectivity index (χ0n) is 14.1. The zero-order chi connectivity index (χ0) is 16.5. The van der Waals surface area contributed by atoms with E-state index in [2.05, 4.69) is 58.3 Å². The second-order valence-electron chi connectivity index (χ2n) is 5.87. The smallest absolute Gasteiger partial charge is 0.0642 e. The molecule has 0 amide bonds. The second-order valence-corrected chi connectivity index (χ2v) is 5.87. The van der Waals surface area contributed by atoms with E-state index in [9.17, 15) is 0 Å². The highest BCUT2D eigenvalue weighted by Crippen LogP contribution is 2.14. The Morgan fingerprint density at radius 1 is 0.500 bits per heavy atom. The summed E-state index contributed by atoms with van der Waals surface area (Å²) in [4.78, 5) is 4.70. The van der Waals surface area contributed by atoms with Gasteiger partial charge in [0.1, 0.15) is 0 Å². The van der Waals surface area contributed by atoms with Crippen molar-refractivity contribution in [1.82, 2.24) is 0 Å². The Balaban J connectivity index is 0.000000141. The summed E-state index contributed by atoms with van der Waals surface area (Å²) < 4.78 is 10.6. The van der Waals surface area contributed by atoms with E-state index in [4.69, 9.17) is 9.47 Å². The third-order valence-corrected chi connectivity index (χ3v) is 4.26. The minimum Gasteiger partial charge on any atom is -0.378 e. The number of para-hydroxylation sites is 2. The van der Waals surface area contributed by atoms with Crippen molar-refractivity contribution >= 4 is 11.4 Å². The highest BCUT2D eigenvalue weighted by Gasteiger charge is 2.10. The van der Waals surface area contributed by atoms with E-state index in [0.29, 0.717) is 0 Å². The Morgan fingerprint density at radius 2 is 0.833 bits per heavy atom. The first-order chi connectivity index (χ1) is 11.9. The zero-order valence-corrected chi connectivity index (χ0v) is 14.1. The van der Waals surface area contributed by atoms with Crippen LogP contribution < -0.4 is 9.80 Å². The molecule has 128 valence electrons. The molecule has 0 saturated carbocycles. The van der Waals surface area contributed by atoms with Crippen LogP contribution in [0.5, 0.6) is 0 Å². The highest BCUT2D eigenvalue weighted by molar-refractivity contribution is 5.46. The third-order valence-electron chi connectivity index (χ3n) is 4.26. The maximum Gasteiger partial charge on any atom is 0.0642 e. The maximum absolute atomic E-state index is 5.28. The molecule has 0 atom stereocenters. The lowest BCUT2D eigenvalue weighted by Gasteiger charge is -2.28. The fourth-order valence-electron chi connectivity index (χ4n) is 2.92. The predicted molar refractivity (Wildman–Crippen MR) is 98.9 cm³/mol. The van der Waals surface area contributed by atoms with Crippen LogP contribution in [-0.4, -0.2) is 52.6 Å². The maximum atomic E-state index is 5.28. The molecule has 0 unspecified atom stereocenters. The minimum atomic E-state index is 0.856. The summed E-state index contributed by atoms with van der Waals surface area (Å²) in [5, 5.41) is 0. The molecule has 0 aliphatic carbocycles. The van der Waals surface area contributed by atoms with Gasteiger partial charge in [-0.25, -0.2) is 0 Å². The Morgan fingerprint density at radius 3 is 1.17 bits per heavy atom. The molecule has 2 aliphatic heterocycles. The van der Waals surface area contributed by atoms with Gasteiger partial charge in [0.2, 0.25) is 0 Å². The van der Waals surface area contributed by atoms with Crippen molar-refractivity contribution in [3.63, 3.8) is 0 Å². The van der Waals surface area contributed by atoms with E-state index >= 15 is 0 Å². The minimum absolute atomic E-state index is 0.856. The summed E-state index contributed by atoms with van der Waals surface area (Å²) in [5.41, 5.74) is 2.61. The average molecular weight is 326 g/mol. The number of rotatable bonds is 2. The molecule has 2 fully saturated rings. The average Bonchev–Trinajstić information content (AvgIpc) is 2.71. The van der Waals surface area contributed by atoms with E-state index in [1.54, 1.807) is 0 Å². The Labute approximate surface area is 144 Å². The number of benzene rings is 2. The van der Waals surface area contributed by atoms with Crippen molar-refractivity contribution in [2.75, 3.05) is 62.4 Å². The molecule has 2 aliphatic rings. The van der Waals surface area contributed by atoms with Crippen LogP contribution in [0.25, 0.3) is 0 Å². The molecule has 4 nitrogen and oxygen atoms in total. The van der Waals surface area contributed by atoms with Crippen molar-refractivity contribution in [2.24, 2.45) is 0 Å². The topological polar surface area (TPSA) is 24.9 Å². The van der Waals surface area contributed by atoms with Crippen LogP contribution in [-0.2, 0) is 9.47 Å². The van der Waals surface area contributed by atoms with Gasteiger partial charge in [-0.05, 0) is 24.3 Å². The van der Waals surface area contributed by atoms with Crippen molar-refractivity contribution in [2.45, 2.75) is 0 Å². The molecular formula is C20H26N2O2. The molecule has 2 aromatic rings. The van der Waals surface area contributed by atoms with Gasteiger partial charge >= 0.3 is 0 Å². The van der Waals surface area contributed by atoms with Crippen LogP contribution in [0.2, 0.25) is 0 Å². The van der Waals surface area contributed by atoms with Crippen LogP contribution in [0.1, 0.15) is 0 Å². The Kier molecular flexibility index (Phi) is 6.51. The first-order valence-electron chi connectivity index (χ1n) is 8.69. The van der Waals surface area contributed by atoms with Crippen molar-refractivity contribution in [3.8, 4) is 0 Å². The normalized spacial score (nSPS) is 17.8. The number of morpholine rings is 2. The van der Waals surface area contributed by atoms with Gasteiger partial charge in [-0.3, -0.25) is 0 Å². The Hall–Kier alpha value is -2.04. The van der Waals surface area contributed by atoms with Crippen LogP contribution in [0.4, 0.5) is 11.4 Å². The number of anilines is 2. The molecule has 0 aromatic heterocycles. The molecule has 0 radical (unpaired) electrons.